The second kappa shape index (κ2) is 6.39. The molecule has 9 heteroatoms. The van der Waals surface area contributed by atoms with Gasteiger partial charge >= 0.3 is 12.1 Å². The molecular weight excluding hydrogens is 356 g/mol. The summed E-state index contributed by atoms with van der Waals surface area (Å²) >= 11 is 0. The third-order valence-electron chi connectivity index (χ3n) is 4.39. The van der Waals surface area contributed by atoms with Gasteiger partial charge in [0.05, 0.1) is 24.4 Å². The Morgan fingerprint density at radius 3 is 2.77 bits per heavy atom. The summed E-state index contributed by atoms with van der Waals surface area (Å²) in [5.74, 6) is -1.39. The second-order valence-corrected chi connectivity index (χ2v) is 6.10. The molecule has 0 bridgehead atoms. The molecule has 3 rings (SSSR count). The minimum Gasteiger partial charge on any atom is -0.462 e. The van der Waals surface area contributed by atoms with Crippen LogP contribution in [-0.4, -0.2) is 47.5 Å². The number of hydrogen-bond donors (Lipinski definition) is 1. The summed E-state index contributed by atoms with van der Waals surface area (Å²) in [6, 6.07) is 3.64. The highest BCUT2D eigenvalue weighted by Gasteiger charge is 2.57. The number of aromatic nitrogens is 1. The van der Waals surface area contributed by atoms with E-state index in [1.807, 2.05) is 0 Å². The molecule has 0 radical (unpaired) electrons. The first-order valence-electron chi connectivity index (χ1n) is 7.96. The third kappa shape index (κ3) is 3.07. The quantitative estimate of drug-likeness (QED) is 0.663. The molecule has 1 N–H and O–H groups in total. The molecule has 0 saturated carbocycles. The van der Waals surface area contributed by atoms with Crippen molar-refractivity contribution in [3.63, 3.8) is 0 Å². The zero-order valence-corrected chi connectivity index (χ0v) is 13.8. The van der Waals surface area contributed by atoms with Gasteiger partial charge in [-0.3, -0.25) is 4.98 Å². The Morgan fingerprint density at radius 2 is 2.15 bits per heavy atom. The molecule has 26 heavy (non-hydrogen) atoms. The Balaban J connectivity index is 2.15. The van der Waals surface area contributed by atoms with Crippen LogP contribution >= 0.6 is 0 Å². The van der Waals surface area contributed by atoms with Gasteiger partial charge in [0.15, 0.2) is 5.60 Å². The van der Waals surface area contributed by atoms with Crippen LogP contribution in [0.4, 0.5) is 23.2 Å². The van der Waals surface area contributed by atoms with Crippen molar-refractivity contribution in [2.75, 3.05) is 24.6 Å². The van der Waals surface area contributed by atoms with E-state index in [2.05, 4.69) is 4.98 Å². The fourth-order valence-corrected chi connectivity index (χ4v) is 3.07. The minimum absolute atomic E-state index is 0.0615. The number of benzene rings is 1. The number of ether oxygens (including phenoxy) is 1. The molecule has 1 unspecified atom stereocenters. The van der Waals surface area contributed by atoms with Crippen LogP contribution in [0.25, 0.3) is 10.9 Å². The zero-order valence-electron chi connectivity index (χ0n) is 13.8. The zero-order chi connectivity index (χ0) is 19.1. The lowest BCUT2D eigenvalue weighted by Crippen LogP contribution is -2.47. The van der Waals surface area contributed by atoms with Gasteiger partial charge in [0.2, 0.25) is 0 Å². The van der Waals surface area contributed by atoms with Crippen LogP contribution in [0.2, 0.25) is 0 Å². The van der Waals surface area contributed by atoms with Crippen molar-refractivity contribution in [3.05, 3.63) is 35.8 Å². The first kappa shape index (κ1) is 18.4. The molecule has 1 atom stereocenters. The lowest BCUT2D eigenvalue weighted by Gasteiger charge is -2.28. The summed E-state index contributed by atoms with van der Waals surface area (Å²) in [7, 11) is 0. The maximum Gasteiger partial charge on any atom is 0.418 e. The van der Waals surface area contributed by atoms with E-state index < -0.39 is 36.5 Å². The summed E-state index contributed by atoms with van der Waals surface area (Å²) in [4.78, 5) is 17.5. The van der Waals surface area contributed by atoms with Crippen LogP contribution in [0.5, 0.6) is 0 Å². The minimum atomic E-state index is -4.82. The molecule has 2 heterocycles. The van der Waals surface area contributed by atoms with Crippen molar-refractivity contribution in [1.29, 1.82) is 0 Å². The number of β-amino-alcohol motifs (C(OH)–C–C–N with tert-alkyl or cyclic N) is 1. The number of fused-ring (bicyclic) bond motifs is 1. The molecular formula is C17H16F4N2O3. The SMILES string of the molecule is CCOC(=O)c1cnc2ccc(F)cc2c1N1CCC(O)(C(F)(F)F)C1. The predicted octanol–water partition coefficient (Wildman–Crippen LogP) is 3.05. The number of carbonyl (C=O) groups excluding carboxylic acids is 1. The number of pyridine rings is 1. The van der Waals surface area contributed by atoms with Crippen molar-refractivity contribution < 1.29 is 32.2 Å². The maximum atomic E-state index is 13.7. The Bertz CT molecular complexity index is 856. The number of aliphatic hydroxyl groups is 1. The molecule has 1 aliphatic heterocycles. The normalized spacial score (nSPS) is 20.6. The number of alkyl halides is 3. The number of anilines is 1. The van der Waals surface area contributed by atoms with E-state index in [1.165, 1.54) is 23.2 Å². The molecule has 0 spiro atoms. The Hall–Kier alpha value is -2.42. The second-order valence-electron chi connectivity index (χ2n) is 6.10. The highest BCUT2D eigenvalue weighted by atomic mass is 19.4. The lowest BCUT2D eigenvalue weighted by molar-refractivity contribution is -0.250. The summed E-state index contributed by atoms with van der Waals surface area (Å²) in [5.41, 5.74) is -2.58. The van der Waals surface area contributed by atoms with Gasteiger partial charge in [-0.1, -0.05) is 0 Å². The van der Waals surface area contributed by atoms with E-state index in [4.69, 9.17) is 4.74 Å². The largest absolute Gasteiger partial charge is 0.462 e. The third-order valence-corrected chi connectivity index (χ3v) is 4.39. The van der Waals surface area contributed by atoms with Gasteiger partial charge < -0.3 is 14.7 Å². The summed E-state index contributed by atoms with van der Waals surface area (Å²) in [6.45, 7) is 0.729. The molecule has 0 amide bonds. The van der Waals surface area contributed by atoms with Crippen molar-refractivity contribution in [2.24, 2.45) is 0 Å². The van der Waals surface area contributed by atoms with Gasteiger partial charge in [-0.05, 0) is 25.1 Å². The molecule has 1 aliphatic rings. The van der Waals surface area contributed by atoms with E-state index >= 15 is 0 Å². The average Bonchev–Trinajstić information content (AvgIpc) is 2.97. The van der Waals surface area contributed by atoms with Gasteiger partial charge in [-0.15, -0.1) is 0 Å². The maximum absolute atomic E-state index is 13.7. The first-order chi connectivity index (χ1) is 12.2. The van der Waals surface area contributed by atoms with E-state index in [9.17, 15) is 27.5 Å². The van der Waals surface area contributed by atoms with Crippen LogP contribution in [0, 0.1) is 5.82 Å². The molecule has 1 saturated heterocycles. The van der Waals surface area contributed by atoms with Gasteiger partial charge in [0, 0.05) is 24.5 Å². The van der Waals surface area contributed by atoms with Gasteiger partial charge in [0.1, 0.15) is 11.4 Å². The number of esters is 1. The fraction of sp³-hybridized carbons (Fsp3) is 0.412. The highest BCUT2D eigenvalue weighted by Crippen LogP contribution is 2.41. The van der Waals surface area contributed by atoms with E-state index in [1.54, 1.807) is 6.92 Å². The van der Waals surface area contributed by atoms with E-state index in [-0.39, 0.29) is 29.8 Å². The molecule has 1 aromatic heterocycles. The van der Waals surface area contributed by atoms with Crippen LogP contribution in [0.3, 0.4) is 0 Å². The average molecular weight is 372 g/mol. The number of carbonyl (C=O) groups is 1. The number of nitrogens with zero attached hydrogens (tertiary/aromatic N) is 2. The summed E-state index contributed by atoms with van der Waals surface area (Å²) in [6.07, 6.45) is -4.18. The van der Waals surface area contributed by atoms with Crippen molar-refractivity contribution in [3.8, 4) is 0 Å². The predicted molar refractivity (Wildman–Crippen MR) is 85.5 cm³/mol. The Labute approximate surface area is 146 Å². The molecule has 2 aromatic rings. The van der Waals surface area contributed by atoms with Crippen LogP contribution in [-0.2, 0) is 4.74 Å². The topological polar surface area (TPSA) is 62.7 Å². The van der Waals surface area contributed by atoms with Crippen molar-refractivity contribution >= 4 is 22.6 Å². The smallest absolute Gasteiger partial charge is 0.418 e. The van der Waals surface area contributed by atoms with Crippen molar-refractivity contribution in [2.45, 2.75) is 25.1 Å². The van der Waals surface area contributed by atoms with Gasteiger partial charge in [-0.25, -0.2) is 9.18 Å². The monoisotopic (exact) mass is 372 g/mol. The number of rotatable bonds is 3. The molecule has 0 aliphatic carbocycles. The van der Waals surface area contributed by atoms with Crippen LogP contribution in [0.15, 0.2) is 24.4 Å². The van der Waals surface area contributed by atoms with E-state index in [0.717, 1.165) is 6.07 Å². The highest BCUT2D eigenvalue weighted by molar-refractivity contribution is 6.05. The molecule has 1 fully saturated rings. The lowest BCUT2D eigenvalue weighted by atomic mass is 10.0. The Morgan fingerprint density at radius 1 is 1.42 bits per heavy atom. The van der Waals surface area contributed by atoms with Crippen molar-refractivity contribution in [1.82, 2.24) is 4.98 Å². The van der Waals surface area contributed by atoms with Crippen LogP contribution < -0.4 is 4.90 Å². The molecule has 1 aromatic carbocycles. The van der Waals surface area contributed by atoms with Crippen LogP contribution in [0.1, 0.15) is 23.7 Å². The van der Waals surface area contributed by atoms with Gasteiger partial charge in [-0.2, -0.15) is 13.2 Å². The Kier molecular flexibility index (Phi) is 4.51. The summed E-state index contributed by atoms with van der Waals surface area (Å²) in [5, 5.41) is 10.1. The summed E-state index contributed by atoms with van der Waals surface area (Å²) < 4.78 is 58.1. The standard InChI is InChI=1S/C17H16F4N2O3/c1-2-26-15(24)12-8-22-13-4-3-10(18)7-11(13)14(12)23-6-5-16(25,9-23)17(19,20)21/h3-4,7-8,25H,2,5-6,9H2,1H3. The molecule has 140 valence electrons. The number of hydrogen-bond acceptors (Lipinski definition) is 5. The van der Waals surface area contributed by atoms with Gasteiger partial charge in [0.25, 0.3) is 0 Å². The fourth-order valence-electron chi connectivity index (χ4n) is 3.07. The first-order valence-corrected chi connectivity index (χ1v) is 7.96. The number of halogens is 4. The van der Waals surface area contributed by atoms with E-state index in [0.29, 0.717) is 5.52 Å². The molecule has 5 nitrogen and oxygen atoms in total.